The second-order valence-corrected chi connectivity index (χ2v) is 5.61. The lowest BCUT2D eigenvalue weighted by Gasteiger charge is -1.99. The van der Waals surface area contributed by atoms with Crippen LogP contribution in [0.1, 0.15) is 6.92 Å². The Morgan fingerprint density at radius 3 is 2.47 bits per heavy atom. The van der Waals surface area contributed by atoms with Crippen molar-refractivity contribution in [3.05, 3.63) is 29.3 Å². The lowest BCUT2D eigenvalue weighted by atomic mass is 10.1. The van der Waals surface area contributed by atoms with Crippen LogP contribution < -0.4 is 4.72 Å². The molecule has 1 atom stereocenters. The van der Waals surface area contributed by atoms with Gasteiger partial charge in [-0.05, 0) is 24.3 Å². The summed E-state index contributed by atoms with van der Waals surface area (Å²) >= 11 is 5.77. The SMILES string of the molecule is CCS(=O)Nc1oc(-c2ccc(Cl)cc2)c(O)c1O. The molecule has 0 spiro atoms. The van der Waals surface area contributed by atoms with Crippen LogP contribution in [-0.4, -0.2) is 20.2 Å². The lowest BCUT2D eigenvalue weighted by Crippen LogP contribution is -2.05. The summed E-state index contributed by atoms with van der Waals surface area (Å²) in [4.78, 5) is 0. The second-order valence-electron chi connectivity index (χ2n) is 3.70. The standard InChI is InChI=1S/C12H12ClNO4S/c1-2-19(17)14-12-10(16)9(15)11(18-12)7-3-5-8(13)6-4-7/h3-6,14-16H,2H2,1H3. The van der Waals surface area contributed by atoms with Gasteiger partial charge in [0, 0.05) is 16.3 Å². The maximum Gasteiger partial charge on any atom is 0.252 e. The topological polar surface area (TPSA) is 82.7 Å². The molecule has 1 aromatic heterocycles. The van der Waals surface area contributed by atoms with Crippen LogP contribution in [0.5, 0.6) is 11.5 Å². The van der Waals surface area contributed by atoms with E-state index in [1.165, 1.54) is 0 Å². The van der Waals surface area contributed by atoms with Gasteiger partial charge in [0.1, 0.15) is 11.0 Å². The first kappa shape index (κ1) is 13.8. The maximum absolute atomic E-state index is 11.4. The molecular weight excluding hydrogens is 290 g/mol. The monoisotopic (exact) mass is 301 g/mol. The van der Waals surface area contributed by atoms with Crippen LogP contribution in [0.2, 0.25) is 5.02 Å². The highest BCUT2D eigenvalue weighted by molar-refractivity contribution is 7.86. The van der Waals surface area contributed by atoms with Crippen molar-refractivity contribution in [2.75, 3.05) is 10.5 Å². The summed E-state index contributed by atoms with van der Waals surface area (Å²) in [5.41, 5.74) is 0.549. The van der Waals surface area contributed by atoms with Gasteiger partial charge in [0.25, 0.3) is 5.88 Å². The van der Waals surface area contributed by atoms with Crippen LogP contribution in [0.4, 0.5) is 5.88 Å². The first-order valence-corrected chi connectivity index (χ1v) is 7.18. The molecular formula is C12H12ClNO4S. The normalized spacial score (nSPS) is 12.3. The van der Waals surface area contributed by atoms with E-state index in [1.54, 1.807) is 31.2 Å². The van der Waals surface area contributed by atoms with E-state index in [0.717, 1.165) is 0 Å². The minimum absolute atomic E-state index is 0.0877. The highest BCUT2D eigenvalue weighted by Crippen LogP contribution is 2.45. The molecule has 0 aliphatic rings. The van der Waals surface area contributed by atoms with Gasteiger partial charge < -0.3 is 14.6 Å². The molecule has 0 radical (unpaired) electrons. The van der Waals surface area contributed by atoms with E-state index in [-0.39, 0.29) is 11.6 Å². The fourth-order valence-electron chi connectivity index (χ4n) is 1.46. The van der Waals surface area contributed by atoms with E-state index < -0.39 is 22.5 Å². The molecule has 0 fully saturated rings. The van der Waals surface area contributed by atoms with Crippen LogP contribution in [0.15, 0.2) is 28.7 Å². The van der Waals surface area contributed by atoms with E-state index in [0.29, 0.717) is 16.3 Å². The third-order valence-corrected chi connectivity index (χ3v) is 3.62. The Balaban J connectivity index is 2.39. The maximum atomic E-state index is 11.4. The molecule has 0 aliphatic heterocycles. The van der Waals surface area contributed by atoms with Crippen molar-refractivity contribution in [2.45, 2.75) is 6.92 Å². The number of anilines is 1. The second kappa shape index (κ2) is 5.54. The van der Waals surface area contributed by atoms with Crippen molar-refractivity contribution in [2.24, 2.45) is 0 Å². The molecule has 2 rings (SSSR count). The predicted octanol–water partition coefficient (Wildman–Crippen LogP) is 3.11. The van der Waals surface area contributed by atoms with E-state index in [1.807, 2.05) is 0 Å². The fraction of sp³-hybridized carbons (Fsp3) is 0.167. The van der Waals surface area contributed by atoms with Gasteiger partial charge in [0.2, 0.25) is 11.5 Å². The van der Waals surface area contributed by atoms with Gasteiger partial charge in [0.05, 0.1) is 0 Å². The summed E-state index contributed by atoms with van der Waals surface area (Å²) in [6.45, 7) is 1.71. The Hall–Kier alpha value is -1.66. The van der Waals surface area contributed by atoms with Gasteiger partial charge in [-0.1, -0.05) is 18.5 Å². The summed E-state index contributed by atoms with van der Waals surface area (Å²) in [6.07, 6.45) is 0. The molecule has 7 heteroatoms. The molecule has 0 aliphatic carbocycles. The van der Waals surface area contributed by atoms with Crippen molar-refractivity contribution in [3.8, 4) is 22.8 Å². The molecule has 19 heavy (non-hydrogen) atoms. The first-order valence-electron chi connectivity index (χ1n) is 5.48. The van der Waals surface area contributed by atoms with Crippen LogP contribution in [0, 0.1) is 0 Å². The predicted molar refractivity (Wildman–Crippen MR) is 74.8 cm³/mol. The Bertz CT molecular complexity index is 609. The molecule has 102 valence electrons. The highest BCUT2D eigenvalue weighted by Gasteiger charge is 2.21. The number of nitrogens with one attached hydrogen (secondary N) is 1. The fourth-order valence-corrected chi connectivity index (χ4v) is 2.07. The number of rotatable bonds is 4. The molecule has 1 aromatic carbocycles. The van der Waals surface area contributed by atoms with Crippen molar-refractivity contribution < 1.29 is 18.8 Å². The van der Waals surface area contributed by atoms with Crippen molar-refractivity contribution in [1.82, 2.24) is 0 Å². The van der Waals surface area contributed by atoms with Gasteiger partial charge in [-0.25, -0.2) is 4.21 Å². The summed E-state index contributed by atoms with van der Waals surface area (Å²) < 4.78 is 19.1. The molecule has 5 nitrogen and oxygen atoms in total. The van der Waals surface area contributed by atoms with Gasteiger partial charge >= 0.3 is 0 Å². The van der Waals surface area contributed by atoms with E-state index in [4.69, 9.17) is 16.0 Å². The number of furan rings is 1. The Kier molecular flexibility index (Phi) is 4.01. The Morgan fingerprint density at radius 1 is 1.26 bits per heavy atom. The zero-order valence-electron chi connectivity index (χ0n) is 10.0. The van der Waals surface area contributed by atoms with E-state index in [9.17, 15) is 14.4 Å². The Labute approximate surface area is 117 Å². The van der Waals surface area contributed by atoms with Crippen LogP contribution in [0.3, 0.4) is 0 Å². The van der Waals surface area contributed by atoms with Gasteiger partial charge in [-0.3, -0.25) is 4.72 Å². The summed E-state index contributed by atoms with van der Waals surface area (Å²) in [5.74, 6) is -0.561. The molecule has 1 unspecified atom stereocenters. The molecule has 2 aromatic rings. The molecule has 0 saturated carbocycles. The molecule has 3 N–H and O–H groups in total. The number of benzene rings is 1. The molecule has 0 saturated heterocycles. The lowest BCUT2D eigenvalue weighted by molar-refractivity contribution is 0.410. The molecule has 1 heterocycles. The quantitative estimate of drug-likeness (QED) is 0.810. The third kappa shape index (κ3) is 2.85. The highest BCUT2D eigenvalue weighted by atomic mass is 35.5. The Morgan fingerprint density at radius 2 is 1.89 bits per heavy atom. The average molecular weight is 302 g/mol. The number of aromatic hydroxyl groups is 2. The van der Waals surface area contributed by atoms with Gasteiger partial charge in [-0.2, -0.15) is 0 Å². The molecule has 0 amide bonds. The van der Waals surface area contributed by atoms with Crippen molar-refractivity contribution in [1.29, 1.82) is 0 Å². The van der Waals surface area contributed by atoms with Crippen molar-refractivity contribution >= 4 is 28.5 Å². The smallest absolute Gasteiger partial charge is 0.252 e. The number of halogens is 1. The number of hydrogen-bond donors (Lipinski definition) is 3. The number of hydrogen-bond acceptors (Lipinski definition) is 4. The average Bonchev–Trinajstić information content (AvgIpc) is 2.68. The largest absolute Gasteiger partial charge is 0.502 e. The first-order chi connectivity index (χ1) is 9.02. The zero-order chi connectivity index (χ0) is 14.0. The summed E-state index contributed by atoms with van der Waals surface area (Å²) in [5, 5.41) is 20.1. The minimum Gasteiger partial charge on any atom is -0.502 e. The van der Waals surface area contributed by atoms with Crippen LogP contribution >= 0.6 is 11.6 Å². The van der Waals surface area contributed by atoms with Crippen molar-refractivity contribution in [3.63, 3.8) is 0 Å². The van der Waals surface area contributed by atoms with Crippen LogP contribution in [-0.2, 0) is 11.0 Å². The van der Waals surface area contributed by atoms with Gasteiger partial charge in [0.15, 0.2) is 5.76 Å². The van der Waals surface area contributed by atoms with Crippen LogP contribution in [0.25, 0.3) is 11.3 Å². The van der Waals surface area contributed by atoms with E-state index in [2.05, 4.69) is 4.72 Å². The van der Waals surface area contributed by atoms with E-state index >= 15 is 0 Å². The summed E-state index contributed by atoms with van der Waals surface area (Å²) in [7, 11) is -1.38. The van der Waals surface area contributed by atoms with Gasteiger partial charge in [-0.15, -0.1) is 0 Å². The summed E-state index contributed by atoms with van der Waals surface area (Å²) in [6, 6.07) is 6.54. The minimum atomic E-state index is -1.38. The molecule has 0 bridgehead atoms. The third-order valence-electron chi connectivity index (χ3n) is 2.43. The zero-order valence-corrected chi connectivity index (χ0v) is 11.6.